The van der Waals surface area contributed by atoms with Gasteiger partial charge in [-0.3, -0.25) is 9.71 Å². The van der Waals surface area contributed by atoms with Gasteiger partial charge in [-0.2, -0.15) is 0 Å². The van der Waals surface area contributed by atoms with Crippen molar-refractivity contribution in [2.45, 2.75) is 31.7 Å². The maximum absolute atomic E-state index is 12.3. The molecule has 0 unspecified atom stereocenters. The molecule has 0 aliphatic heterocycles. The minimum absolute atomic E-state index is 0.227. The predicted molar refractivity (Wildman–Crippen MR) is 82.6 cm³/mol. The highest BCUT2D eigenvalue weighted by Crippen LogP contribution is 2.17. The van der Waals surface area contributed by atoms with Crippen molar-refractivity contribution >= 4 is 15.7 Å². The summed E-state index contributed by atoms with van der Waals surface area (Å²) in [5, 5.41) is 3.22. The maximum atomic E-state index is 12.3. The molecule has 21 heavy (non-hydrogen) atoms. The van der Waals surface area contributed by atoms with Crippen molar-refractivity contribution in [3.8, 4) is 0 Å². The van der Waals surface area contributed by atoms with Crippen LogP contribution in [0, 0.1) is 6.92 Å². The highest BCUT2D eigenvalue weighted by Gasteiger charge is 2.16. The van der Waals surface area contributed by atoms with Gasteiger partial charge in [0.2, 0.25) is 0 Å². The number of nitrogens with zero attached hydrogens (tertiary/aromatic N) is 1. The van der Waals surface area contributed by atoms with Crippen LogP contribution in [-0.2, 0) is 16.6 Å². The zero-order valence-corrected chi connectivity index (χ0v) is 13.0. The monoisotopic (exact) mass is 308 g/mol. The fourth-order valence-corrected chi connectivity index (χ4v) is 2.97. The summed E-state index contributed by atoms with van der Waals surface area (Å²) >= 11 is 0. The maximum Gasteiger partial charge on any atom is 0.263 e. The van der Waals surface area contributed by atoms with Crippen LogP contribution in [0.25, 0.3) is 0 Å². The summed E-state index contributed by atoms with van der Waals surface area (Å²) in [7, 11) is -3.58. The average Bonchev–Trinajstić information content (AvgIpc) is 2.88. The average molecular weight is 308 g/mol. The molecule has 2 aromatic heterocycles. The Hall–Kier alpha value is -1.86. The van der Waals surface area contributed by atoms with Gasteiger partial charge < -0.3 is 10.3 Å². The van der Waals surface area contributed by atoms with Gasteiger partial charge in [-0.1, -0.05) is 6.92 Å². The number of hydrogen-bond donors (Lipinski definition) is 3. The summed E-state index contributed by atoms with van der Waals surface area (Å²) in [6, 6.07) is 4.95. The first-order chi connectivity index (χ1) is 10.0. The molecule has 0 bridgehead atoms. The molecular weight excluding hydrogens is 288 g/mol. The van der Waals surface area contributed by atoms with Crippen molar-refractivity contribution in [1.29, 1.82) is 0 Å². The van der Waals surface area contributed by atoms with Crippen LogP contribution in [0.1, 0.15) is 24.7 Å². The van der Waals surface area contributed by atoms with Crippen LogP contribution < -0.4 is 10.0 Å². The van der Waals surface area contributed by atoms with E-state index >= 15 is 0 Å². The number of rotatable bonds is 7. The minimum Gasteiger partial charge on any atom is -0.363 e. The molecule has 0 atom stereocenters. The van der Waals surface area contributed by atoms with Crippen molar-refractivity contribution in [2.24, 2.45) is 0 Å². The van der Waals surface area contributed by atoms with E-state index in [2.05, 4.69) is 26.9 Å². The second-order valence-electron chi connectivity index (χ2n) is 4.83. The number of aryl methyl sites for hydroxylation is 1. The van der Waals surface area contributed by atoms with Crippen LogP contribution in [0.4, 0.5) is 5.69 Å². The molecule has 2 rings (SSSR count). The van der Waals surface area contributed by atoms with Crippen molar-refractivity contribution < 1.29 is 8.42 Å². The molecule has 0 saturated heterocycles. The third kappa shape index (κ3) is 4.30. The SMILES string of the molecule is CCCNCc1cc(S(=O)(=O)Nc2ccnc(C)c2)c[nH]1. The number of aromatic amines is 1. The summed E-state index contributed by atoms with van der Waals surface area (Å²) in [6.07, 6.45) is 4.11. The first-order valence-corrected chi connectivity index (χ1v) is 8.33. The Morgan fingerprint density at radius 2 is 2.14 bits per heavy atom. The van der Waals surface area contributed by atoms with Gasteiger partial charge in [0.25, 0.3) is 10.0 Å². The van der Waals surface area contributed by atoms with Gasteiger partial charge in [0.15, 0.2) is 0 Å². The number of aromatic nitrogens is 2. The van der Waals surface area contributed by atoms with Crippen molar-refractivity contribution in [3.05, 3.63) is 42.0 Å². The zero-order chi connectivity index (χ0) is 15.3. The lowest BCUT2D eigenvalue weighted by atomic mass is 10.3. The van der Waals surface area contributed by atoms with E-state index < -0.39 is 10.0 Å². The number of sulfonamides is 1. The Kier molecular flexibility index (Phi) is 4.98. The topological polar surface area (TPSA) is 86.9 Å². The molecule has 0 fully saturated rings. The van der Waals surface area contributed by atoms with E-state index in [0.29, 0.717) is 12.2 Å². The molecule has 2 aromatic rings. The lowest BCUT2D eigenvalue weighted by Crippen LogP contribution is -2.14. The number of pyridine rings is 1. The van der Waals surface area contributed by atoms with Gasteiger partial charge in [0.1, 0.15) is 4.90 Å². The lowest BCUT2D eigenvalue weighted by molar-refractivity contribution is 0.601. The van der Waals surface area contributed by atoms with E-state index in [0.717, 1.165) is 24.4 Å². The molecular formula is C14H20N4O2S. The second kappa shape index (κ2) is 6.73. The lowest BCUT2D eigenvalue weighted by Gasteiger charge is -2.06. The van der Waals surface area contributed by atoms with E-state index in [1.165, 1.54) is 6.20 Å². The van der Waals surface area contributed by atoms with E-state index in [1.54, 1.807) is 24.4 Å². The van der Waals surface area contributed by atoms with Crippen LogP contribution in [0.2, 0.25) is 0 Å². The van der Waals surface area contributed by atoms with Gasteiger partial charge in [-0.05, 0) is 38.1 Å². The fraction of sp³-hybridized carbons (Fsp3) is 0.357. The van der Waals surface area contributed by atoms with Gasteiger partial charge in [0.05, 0.1) is 5.69 Å². The van der Waals surface area contributed by atoms with Crippen LogP contribution in [0.3, 0.4) is 0 Å². The summed E-state index contributed by atoms with van der Waals surface area (Å²) in [6.45, 7) is 5.41. The minimum atomic E-state index is -3.58. The van der Waals surface area contributed by atoms with Gasteiger partial charge in [0, 0.05) is 30.3 Å². The van der Waals surface area contributed by atoms with Crippen LogP contribution in [-0.4, -0.2) is 24.9 Å². The van der Waals surface area contributed by atoms with Crippen LogP contribution in [0.5, 0.6) is 0 Å². The third-order valence-electron chi connectivity index (χ3n) is 2.92. The molecule has 3 N–H and O–H groups in total. The molecule has 114 valence electrons. The van der Waals surface area contributed by atoms with Gasteiger partial charge in [-0.25, -0.2) is 8.42 Å². The summed E-state index contributed by atoms with van der Waals surface area (Å²) in [5.41, 5.74) is 2.11. The Morgan fingerprint density at radius 1 is 1.33 bits per heavy atom. The number of H-pyrrole nitrogens is 1. The third-order valence-corrected chi connectivity index (χ3v) is 4.28. The van der Waals surface area contributed by atoms with Crippen LogP contribution in [0.15, 0.2) is 35.5 Å². The van der Waals surface area contributed by atoms with Crippen molar-refractivity contribution in [3.63, 3.8) is 0 Å². The smallest absolute Gasteiger partial charge is 0.263 e. The molecule has 2 heterocycles. The highest BCUT2D eigenvalue weighted by atomic mass is 32.2. The Bertz CT molecular complexity index is 695. The Balaban J connectivity index is 2.09. The summed E-state index contributed by atoms with van der Waals surface area (Å²) in [4.78, 5) is 7.24. The van der Waals surface area contributed by atoms with Crippen molar-refractivity contribution in [2.75, 3.05) is 11.3 Å². The zero-order valence-electron chi connectivity index (χ0n) is 12.2. The number of hydrogen-bond acceptors (Lipinski definition) is 4. The van der Waals surface area contributed by atoms with E-state index in [4.69, 9.17) is 0 Å². The van der Waals surface area contributed by atoms with E-state index in [-0.39, 0.29) is 4.90 Å². The normalized spacial score (nSPS) is 11.5. The van der Waals surface area contributed by atoms with Crippen molar-refractivity contribution in [1.82, 2.24) is 15.3 Å². The largest absolute Gasteiger partial charge is 0.363 e. The highest BCUT2D eigenvalue weighted by molar-refractivity contribution is 7.92. The number of anilines is 1. The molecule has 0 amide bonds. The Labute approximate surface area is 125 Å². The molecule has 0 aliphatic carbocycles. The predicted octanol–water partition coefficient (Wildman–Crippen LogP) is 2.02. The fourth-order valence-electron chi connectivity index (χ4n) is 1.90. The van der Waals surface area contributed by atoms with Gasteiger partial charge in [-0.15, -0.1) is 0 Å². The standard InChI is InChI=1S/C14H20N4O2S/c1-3-5-15-9-13-8-14(10-17-13)21(19,20)18-12-4-6-16-11(2)7-12/h4,6-8,10,15,17H,3,5,9H2,1-2H3,(H,16,18). The van der Waals surface area contributed by atoms with Gasteiger partial charge >= 0.3 is 0 Å². The quantitative estimate of drug-likeness (QED) is 0.683. The molecule has 0 spiro atoms. The number of nitrogens with one attached hydrogen (secondary N) is 3. The van der Waals surface area contributed by atoms with Crippen LogP contribution >= 0.6 is 0 Å². The van der Waals surface area contributed by atoms with E-state index in [9.17, 15) is 8.42 Å². The molecule has 0 saturated carbocycles. The summed E-state index contributed by atoms with van der Waals surface area (Å²) < 4.78 is 27.1. The van der Waals surface area contributed by atoms with E-state index in [1.807, 2.05) is 6.92 Å². The first kappa shape index (κ1) is 15.5. The molecule has 0 aromatic carbocycles. The second-order valence-corrected chi connectivity index (χ2v) is 6.51. The molecule has 0 radical (unpaired) electrons. The Morgan fingerprint density at radius 3 is 2.86 bits per heavy atom. The molecule has 0 aliphatic rings. The first-order valence-electron chi connectivity index (χ1n) is 6.85. The summed E-state index contributed by atoms with van der Waals surface area (Å²) in [5.74, 6) is 0. The molecule has 7 heteroatoms. The molecule has 6 nitrogen and oxygen atoms in total.